The lowest BCUT2D eigenvalue weighted by atomic mass is 10.0. The molecular formula is C17H23N3O. The highest BCUT2D eigenvalue weighted by Gasteiger charge is 2.16. The van der Waals surface area contributed by atoms with Gasteiger partial charge in [0.1, 0.15) is 5.75 Å². The van der Waals surface area contributed by atoms with Gasteiger partial charge in [-0.05, 0) is 50.6 Å². The van der Waals surface area contributed by atoms with Gasteiger partial charge in [-0.15, -0.1) is 0 Å². The number of pyridine rings is 2. The van der Waals surface area contributed by atoms with E-state index in [1.807, 2.05) is 44.3 Å². The molecule has 0 spiro atoms. The maximum Gasteiger partial charge on any atom is 0.137 e. The van der Waals surface area contributed by atoms with E-state index in [9.17, 15) is 0 Å². The molecule has 0 radical (unpaired) electrons. The van der Waals surface area contributed by atoms with Crippen LogP contribution < -0.4 is 10.1 Å². The molecule has 4 heteroatoms. The van der Waals surface area contributed by atoms with Crippen LogP contribution in [0, 0.1) is 6.92 Å². The minimum atomic E-state index is 0.0396. The fourth-order valence-corrected chi connectivity index (χ4v) is 2.25. The van der Waals surface area contributed by atoms with E-state index in [2.05, 4.69) is 22.2 Å². The Labute approximate surface area is 126 Å². The highest BCUT2D eigenvalue weighted by molar-refractivity contribution is 5.31. The van der Waals surface area contributed by atoms with Gasteiger partial charge in [0.2, 0.25) is 0 Å². The number of aryl methyl sites for hydroxylation is 1. The van der Waals surface area contributed by atoms with Gasteiger partial charge in [0, 0.05) is 11.9 Å². The van der Waals surface area contributed by atoms with Crippen LogP contribution in [0.2, 0.25) is 0 Å². The van der Waals surface area contributed by atoms with Gasteiger partial charge < -0.3 is 10.1 Å². The first-order chi connectivity index (χ1) is 10.2. The van der Waals surface area contributed by atoms with Crippen LogP contribution >= 0.6 is 0 Å². The van der Waals surface area contributed by atoms with E-state index in [-0.39, 0.29) is 6.04 Å². The zero-order chi connectivity index (χ0) is 15.1. The molecule has 21 heavy (non-hydrogen) atoms. The summed E-state index contributed by atoms with van der Waals surface area (Å²) in [4.78, 5) is 8.93. The molecule has 0 fully saturated rings. The molecule has 1 atom stereocenters. The first-order valence-electron chi connectivity index (χ1n) is 7.49. The normalized spacial score (nSPS) is 12.1. The summed E-state index contributed by atoms with van der Waals surface area (Å²) in [5.74, 6) is 0.797. The van der Waals surface area contributed by atoms with Gasteiger partial charge in [-0.25, -0.2) is 0 Å². The summed E-state index contributed by atoms with van der Waals surface area (Å²) in [6.07, 6.45) is 4.69. The third kappa shape index (κ3) is 4.26. The number of aromatic nitrogens is 2. The van der Waals surface area contributed by atoms with Crippen LogP contribution in [-0.2, 0) is 0 Å². The summed E-state index contributed by atoms with van der Waals surface area (Å²) in [5, 5.41) is 3.54. The van der Waals surface area contributed by atoms with E-state index < -0.39 is 0 Å². The lowest BCUT2D eigenvalue weighted by Crippen LogP contribution is -2.24. The van der Waals surface area contributed by atoms with E-state index >= 15 is 0 Å². The summed E-state index contributed by atoms with van der Waals surface area (Å²) in [6, 6.07) is 8.17. The van der Waals surface area contributed by atoms with Crippen molar-refractivity contribution in [2.45, 2.75) is 33.2 Å². The molecule has 0 saturated carbocycles. The van der Waals surface area contributed by atoms with E-state index in [0.29, 0.717) is 6.61 Å². The Bertz CT molecular complexity index is 571. The standard InChI is InChI=1S/C17H23N3O/c1-4-9-19-17(16-8-6-7-13(3)20-16)14-10-15(21-5-2)12-18-11-14/h6-8,10-12,17,19H,4-5,9H2,1-3H3. The van der Waals surface area contributed by atoms with Gasteiger partial charge in [0.15, 0.2) is 0 Å². The third-order valence-corrected chi connectivity index (χ3v) is 3.18. The second-order valence-electron chi connectivity index (χ2n) is 4.98. The Morgan fingerprint density at radius 3 is 2.81 bits per heavy atom. The fraction of sp³-hybridized carbons (Fsp3) is 0.412. The molecule has 1 N–H and O–H groups in total. The number of hydrogen-bond acceptors (Lipinski definition) is 4. The summed E-state index contributed by atoms with van der Waals surface area (Å²) in [5.41, 5.74) is 3.11. The number of nitrogens with zero attached hydrogens (tertiary/aromatic N) is 2. The molecule has 1 unspecified atom stereocenters. The van der Waals surface area contributed by atoms with E-state index in [1.54, 1.807) is 6.20 Å². The van der Waals surface area contributed by atoms with Gasteiger partial charge in [-0.2, -0.15) is 0 Å². The van der Waals surface area contributed by atoms with Gasteiger partial charge in [-0.1, -0.05) is 13.0 Å². The molecule has 0 amide bonds. The molecule has 0 aromatic carbocycles. The van der Waals surface area contributed by atoms with Crippen molar-refractivity contribution in [1.82, 2.24) is 15.3 Å². The molecule has 2 rings (SSSR count). The monoisotopic (exact) mass is 285 g/mol. The Kier molecular flexibility index (Phi) is 5.69. The third-order valence-electron chi connectivity index (χ3n) is 3.18. The largest absolute Gasteiger partial charge is 0.492 e. The van der Waals surface area contributed by atoms with Crippen molar-refractivity contribution >= 4 is 0 Å². The SMILES string of the molecule is CCCNC(c1cncc(OCC)c1)c1cccc(C)n1. The molecule has 2 heterocycles. The zero-order valence-corrected chi connectivity index (χ0v) is 13.0. The van der Waals surface area contributed by atoms with Crippen LogP contribution in [0.4, 0.5) is 0 Å². The van der Waals surface area contributed by atoms with Crippen molar-refractivity contribution in [3.8, 4) is 5.75 Å². The predicted molar refractivity (Wildman–Crippen MR) is 84.5 cm³/mol. The summed E-state index contributed by atoms with van der Waals surface area (Å²) >= 11 is 0. The Hall–Kier alpha value is -1.94. The van der Waals surface area contributed by atoms with Crippen LogP contribution in [0.3, 0.4) is 0 Å². The van der Waals surface area contributed by atoms with Gasteiger partial charge in [0.05, 0.1) is 24.5 Å². The van der Waals surface area contributed by atoms with Crippen LogP contribution in [0.25, 0.3) is 0 Å². The van der Waals surface area contributed by atoms with Crippen LogP contribution in [0.15, 0.2) is 36.7 Å². The molecule has 0 aliphatic carbocycles. The summed E-state index contributed by atoms with van der Waals surface area (Å²) < 4.78 is 5.55. The van der Waals surface area contributed by atoms with Crippen molar-refractivity contribution in [3.63, 3.8) is 0 Å². The highest BCUT2D eigenvalue weighted by Crippen LogP contribution is 2.23. The molecule has 0 aliphatic rings. The molecule has 2 aromatic heterocycles. The second kappa shape index (κ2) is 7.74. The predicted octanol–water partition coefficient (Wildman–Crippen LogP) is 3.27. The number of nitrogens with one attached hydrogen (secondary N) is 1. The summed E-state index contributed by atoms with van der Waals surface area (Å²) in [7, 11) is 0. The van der Waals surface area contributed by atoms with Gasteiger partial charge in [0.25, 0.3) is 0 Å². The van der Waals surface area contributed by atoms with Crippen molar-refractivity contribution < 1.29 is 4.74 Å². The molecular weight excluding hydrogens is 262 g/mol. The minimum Gasteiger partial charge on any atom is -0.492 e. The maximum absolute atomic E-state index is 5.55. The van der Waals surface area contributed by atoms with Crippen LogP contribution in [-0.4, -0.2) is 23.1 Å². The lowest BCUT2D eigenvalue weighted by molar-refractivity contribution is 0.338. The molecule has 2 aromatic rings. The van der Waals surface area contributed by atoms with E-state index in [1.165, 1.54) is 0 Å². The molecule has 0 saturated heterocycles. The topological polar surface area (TPSA) is 47.0 Å². The van der Waals surface area contributed by atoms with Crippen molar-refractivity contribution in [2.24, 2.45) is 0 Å². The molecule has 0 bridgehead atoms. The number of ether oxygens (including phenoxy) is 1. The quantitative estimate of drug-likeness (QED) is 0.848. The Morgan fingerprint density at radius 1 is 1.24 bits per heavy atom. The van der Waals surface area contributed by atoms with E-state index in [4.69, 9.17) is 4.74 Å². The number of hydrogen-bond donors (Lipinski definition) is 1. The van der Waals surface area contributed by atoms with Crippen molar-refractivity contribution in [1.29, 1.82) is 0 Å². The molecule has 4 nitrogen and oxygen atoms in total. The first kappa shape index (κ1) is 15.4. The highest BCUT2D eigenvalue weighted by atomic mass is 16.5. The van der Waals surface area contributed by atoms with Crippen LogP contribution in [0.1, 0.15) is 43.3 Å². The smallest absolute Gasteiger partial charge is 0.137 e. The fourth-order valence-electron chi connectivity index (χ4n) is 2.25. The molecule has 112 valence electrons. The first-order valence-corrected chi connectivity index (χ1v) is 7.49. The Morgan fingerprint density at radius 2 is 2.10 bits per heavy atom. The lowest BCUT2D eigenvalue weighted by Gasteiger charge is -2.19. The van der Waals surface area contributed by atoms with E-state index in [0.717, 1.165) is 35.7 Å². The van der Waals surface area contributed by atoms with Crippen molar-refractivity contribution in [2.75, 3.05) is 13.2 Å². The molecule has 0 aliphatic heterocycles. The Balaban J connectivity index is 2.33. The maximum atomic E-state index is 5.55. The van der Waals surface area contributed by atoms with Gasteiger partial charge >= 0.3 is 0 Å². The average Bonchev–Trinajstić information content (AvgIpc) is 2.49. The second-order valence-corrected chi connectivity index (χ2v) is 4.98. The number of rotatable bonds is 7. The van der Waals surface area contributed by atoms with Crippen LogP contribution in [0.5, 0.6) is 5.75 Å². The summed E-state index contributed by atoms with van der Waals surface area (Å²) in [6.45, 7) is 7.71. The average molecular weight is 285 g/mol. The minimum absolute atomic E-state index is 0.0396. The van der Waals surface area contributed by atoms with Crippen molar-refractivity contribution in [3.05, 3.63) is 53.6 Å². The zero-order valence-electron chi connectivity index (χ0n) is 13.0. The van der Waals surface area contributed by atoms with Gasteiger partial charge in [-0.3, -0.25) is 9.97 Å².